The van der Waals surface area contributed by atoms with Crippen molar-refractivity contribution in [3.05, 3.63) is 65.2 Å². The highest BCUT2D eigenvalue weighted by atomic mass is 16.5. The molecule has 0 heterocycles. The maximum absolute atomic E-state index is 5.76. The molecule has 1 heteroatoms. The van der Waals surface area contributed by atoms with Gasteiger partial charge in [-0.15, -0.1) is 0 Å². The molecule has 3 rings (SSSR count). The Labute approximate surface area is 172 Å². The minimum Gasteiger partial charge on any atom is -0.494 e. The molecule has 2 aromatic carbocycles. The first kappa shape index (κ1) is 21.0. The largest absolute Gasteiger partial charge is 0.494 e. The second kappa shape index (κ2) is 11.3. The van der Waals surface area contributed by atoms with E-state index < -0.39 is 0 Å². The summed E-state index contributed by atoms with van der Waals surface area (Å²) in [6.07, 6.45) is 12.9. The number of unbranched alkanes of at least 4 members (excludes halogenated alkanes) is 1. The molecule has 0 saturated heterocycles. The lowest BCUT2D eigenvalue weighted by Gasteiger charge is -2.28. The van der Waals surface area contributed by atoms with Gasteiger partial charge in [-0.2, -0.15) is 0 Å². The standard InChI is InChI=1S/C27H38O/c1-3-5-21-28-27-19-13-24(14-20-27)8-7-23-11-17-26(18-12-23)25-15-9-22(6-4-2)10-16-25/h11-14,17-20,22,25H,3-10,15-16,21H2,1-2H3/t22-,25-. The molecule has 1 fully saturated rings. The molecule has 2 aromatic rings. The van der Waals surface area contributed by atoms with Crippen LogP contribution in [0.2, 0.25) is 0 Å². The SMILES string of the molecule is CCCCOc1ccc(CCc2ccc([C@H]3CC[C@H](CCC)CC3)cc2)cc1. The van der Waals surface area contributed by atoms with Crippen molar-refractivity contribution in [2.24, 2.45) is 5.92 Å². The Morgan fingerprint density at radius 2 is 1.36 bits per heavy atom. The van der Waals surface area contributed by atoms with Gasteiger partial charge in [0.05, 0.1) is 6.61 Å². The van der Waals surface area contributed by atoms with Gasteiger partial charge in [-0.05, 0) is 85.6 Å². The Balaban J connectivity index is 1.44. The van der Waals surface area contributed by atoms with Crippen molar-refractivity contribution in [1.82, 2.24) is 0 Å². The van der Waals surface area contributed by atoms with Gasteiger partial charge in [-0.25, -0.2) is 0 Å². The summed E-state index contributed by atoms with van der Waals surface area (Å²) >= 11 is 0. The highest BCUT2D eigenvalue weighted by Crippen LogP contribution is 2.37. The normalized spacial score (nSPS) is 19.5. The zero-order chi connectivity index (χ0) is 19.6. The third-order valence-corrected chi connectivity index (χ3v) is 6.39. The van der Waals surface area contributed by atoms with Crippen LogP contribution in [0.15, 0.2) is 48.5 Å². The van der Waals surface area contributed by atoms with Crippen molar-refractivity contribution < 1.29 is 4.74 Å². The molecule has 0 radical (unpaired) electrons. The molecule has 1 aliphatic rings. The van der Waals surface area contributed by atoms with Gasteiger partial charge in [0, 0.05) is 0 Å². The van der Waals surface area contributed by atoms with Crippen LogP contribution in [0.4, 0.5) is 0 Å². The van der Waals surface area contributed by atoms with E-state index in [4.69, 9.17) is 4.74 Å². The average molecular weight is 379 g/mol. The number of rotatable bonds is 10. The lowest BCUT2D eigenvalue weighted by atomic mass is 9.77. The Morgan fingerprint density at radius 1 is 0.750 bits per heavy atom. The van der Waals surface area contributed by atoms with E-state index in [0.29, 0.717) is 0 Å². The van der Waals surface area contributed by atoms with Crippen LogP contribution in [0.5, 0.6) is 5.75 Å². The highest BCUT2D eigenvalue weighted by molar-refractivity contribution is 5.30. The van der Waals surface area contributed by atoms with Gasteiger partial charge >= 0.3 is 0 Å². The molecule has 152 valence electrons. The van der Waals surface area contributed by atoms with E-state index >= 15 is 0 Å². The van der Waals surface area contributed by atoms with Crippen molar-refractivity contribution in [1.29, 1.82) is 0 Å². The molecule has 28 heavy (non-hydrogen) atoms. The molecular formula is C27H38O. The lowest BCUT2D eigenvalue weighted by Crippen LogP contribution is -2.13. The lowest BCUT2D eigenvalue weighted by molar-refractivity contribution is 0.308. The Bertz CT molecular complexity index is 662. The fourth-order valence-corrected chi connectivity index (χ4v) is 4.52. The third kappa shape index (κ3) is 6.40. The second-order valence-electron chi connectivity index (χ2n) is 8.59. The van der Waals surface area contributed by atoms with E-state index in [2.05, 4.69) is 62.4 Å². The van der Waals surface area contributed by atoms with Crippen molar-refractivity contribution in [3.8, 4) is 5.75 Å². The number of ether oxygens (including phenoxy) is 1. The van der Waals surface area contributed by atoms with Gasteiger partial charge in [0.2, 0.25) is 0 Å². The highest BCUT2D eigenvalue weighted by Gasteiger charge is 2.21. The first-order chi connectivity index (χ1) is 13.8. The average Bonchev–Trinajstić information content (AvgIpc) is 2.75. The smallest absolute Gasteiger partial charge is 0.119 e. The van der Waals surface area contributed by atoms with Crippen LogP contribution in [0.25, 0.3) is 0 Å². The predicted molar refractivity (Wildman–Crippen MR) is 120 cm³/mol. The number of hydrogen-bond donors (Lipinski definition) is 0. The fourth-order valence-electron chi connectivity index (χ4n) is 4.52. The molecule has 0 bridgehead atoms. The van der Waals surface area contributed by atoms with Gasteiger partial charge in [-0.3, -0.25) is 0 Å². The van der Waals surface area contributed by atoms with Crippen molar-refractivity contribution in [2.75, 3.05) is 6.61 Å². The summed E-state index contributed by atoms with van der Waals surface area (Å²) in [5.74, 6) is 2.78. The predicted octanol–water partition coefficient (Wildman–Crippen LogP) is 7.72. The van der Waals surface area contributed by atoms with Crippen LogP contribution in [-0.4, -0.2) is 6.61 Å². The Hall–Kier alpha value is -1.76. The van der Waals surface area contributed by atoms with Gasteiger partial charge in [-0.1, -0.05) is 69.5 Å². The number of hydrogen-bond acceptors (Lipinski definition) is 1. The summed E-state index contributed by atoms with van der Waals surface area (Å²) in [5, 5.41) is 0. The molecular weight excluding hydrogens is 340 g/mol. The van der Waals surface area contributed by atoms with Gasteiger partial charge in [0.1, 0.15) is 5.75 Å². The quantitative estimate of drug-likeness (QED) is 0.384. The van der Waals surface area contributed by atoms with E-state index in [0.717, 1.165) is 43.5 Å². The fraction of sp³-hybridized carbons (Fsp3) is 0.556. The second-order valence-corrected chi connectivity index (χ2v) is 8.59. The topological polar surface area (TPSA) is 9.23 Å². The van der Waals surface area contributed by atoms with Crippen LogP contribution < -0.4 is 4.74 Å². The molecule has 0 unspecified atom stereocenters. The summed E-state index contributed by atoms with van der Waals surface area (Å²) in [6.45, 7) is 5.33. The third-order valence-electron chi connectivity index (χ3n) is 6.39. The van der Waals surface area contributed by atoms with Crippen molar-refractivity contribution >= 4 is 0 Å². The van der Waals surface area contributed by atoms with Crippen molar-refractivity contribution in [2.45, 2.75) is 84.0 Å². The summed E-state index contributed by atoms with van der Waals surface area (Å²) in [4.78, 5) is 0. The van der Waals surface area contributed by atoms with Gasteiger partial charge in [0.25, 0.3) is 0 Å². The minimum absolute atomic E-state index is 0.794. The van der Waals surface area contributed by atoms with Crippen LogP contribution in [-0.2, 0) is 12.8 Å². The van der Waals surface area contributed by atoms with Crippen LogP contribution in [0, 0.1) is 5.92 Å². The molecule has 0 aliphatic heterocycles. The molecule has 1 nitrogen and oxygen atoms in total. The van der Waals surface area contributed by atoms with E-state index in [1.54, 1.807) is 5.56 Å². The first-order valence-corrected chi connectivity index (χ1v) is 11.6. The Morgan fingerprint density at radius 3 is 1.93 bits per heavy atom. The molecule has 0 atom stereocenters. The van der Waals surface area contributed by atoms with E-state index in [1.165, 1.54) is 56.1 Å². The molecule has 0 aromatic heterocycles. The summed E-state index contributed by atoms with van der Waals surface area (Å²) in [5.41, 5.74) is 4.40. The molecule has 1 aliphatic carbocycles. The van der Waals surface area contributed by atoms with Crippen LogP contribution in [0.3, 0.4) is 0 Å². The maximum atomic E-state index is 5.76. The van der Waals surface area contributed by atoms with Crippen LogP contribution in [0.1, 0.15) is 87.8 Å². The van der Waals surface area contributed by atoms with E-state index in [9.17, 15) is 0 Å². The monoisotopic (exact) mass is 378 g/mol. The maximum Gasteiger partial charge on any atom is 0.119 e. The molecule has 0 N–H and O–H groups in total. The Kier molecular flexibility index (Phi) is 8.45. The molecule has 1 saturated carbocycles. The zero-order valence-corrected chi connectivity index (χ0v) is 18.0. The summed E-state index contributed by atoms with van der Waals surface area (Å²) < 4.78 is 5.76. The van der Waals surface area contributed by atoms with Gasteiger partial charge < -0.3 is 4.74 Å². The van der Waals surface area contributed by atoms with E-state index in [1.807, 2.05) is 0 Å². The van der Waals surface area contributed by atoms with Crippen LogP contribution >= 0.6 is 0 Å². The zero-order valence-electron chi connectivity index (χ0n) is 18.0. The summed E-state index contributed by atoms with van der Waals surface area (Å²) in [6, 6.07) is 18.2. The minimum atomic E-state index is 0.794. The number of aryl methyl sites for hydroxylation is 2. The van der Waals surface area contributed by atoms with Gasteiger partial charge in [0.15, 0.2) is 0 Å². The summed E-state index contributed by atoms with van der Waals surface area (Å²) in [7, 11) is 0. The first-order valence-electron chi connectivity index (χ1n) is 11.6. The molecule has 0 amide bonds. The van der Waals surface area contributed by atoms with E-state index in [-0.39, 0.29) is 0 Å². The molecule has 0 spiro atoms. The number of benzene rings is 2. The van der Waals surface area contributed by atoms with Crippen molar-refractivity contribution in [3.63, 3.8) is 0 Å².